The summed E-state index contributed by atoms with van der Waals surface area (Å²) in [6.07, 6.45) is -1.89. The highest BCUT2D eigenvalue weighted by atomic mass is 19.4. The molecule has 10 atom stereocenters. The Morgan fingerprint density at radius 2 is 1.55 bits per heavy atom. The summed E-state index contributed by atoms with van der Waals surface area (Å²) in [6.45, 7) is 15.1. The first-order chi connectivity index (χ1) is 30.5. The van der Waals surface area contributed by atoms with E-state index in [9.17, 15) is 37.1 Å². The summed E-state index contributed by atoms with van der Waals surface area (Å²) in [5.41, 5.74) is -0.148. The number of likely N-dealkylation sites (N-methyl/N-ethyl adjacent to an activating group) is 2. The van der Waals surface area contributed by atoms with Gasteiger partial charge in [0.05, 0.1) is 49.3 Å². The fourth-order valence-corrected chi connectivity index (χ4v) is 9.47. The Morgan fingerprint density at radius 3 is 2.05 bits per heavy atom. The molecule has 5 amide bonds. The van der Waals surface area contributed by atoms with Crippen LogP contribution in [0.3, 0.4) is 0 Å². The lowest BCUT2D eigenvalue weighted by Gasteiger charge is -2.43. The highest BCUT2D eigenvalue weighted by Crippen LogP contribution is 2.53. The number of hydroxylamine groups is 2. The average Bonchev–Trinajstić information content (AvgIpc) is 3.78. The van der Waals surface area contributed by atoms with Crippen LogP contribution in [0.25, 0.3) is 0 Å². The molecule has 1 aromatic carbocycles. The van der Waals surface area contributed by atoms with Crippen molar-refractivity contribution in [2.75, 3.05) is 48.0 Å². The Hall–Kier alpha value is -4.17. The van der Waals surface area contributed by atoms with E-state index in [0.717, 1.165) is 31.2 Å². The Balaban J connectivity index is 0.00000148. The molecule has 0 spiro atoms. The summed E-state index contributed by atoms with van der Waals surface area (Å²) < 4.78 is 43.9. The minimum atomic E-state index is -5.08. The van der Waals surface area contributed by atoms with Gasteiger partial charge in [-0.25, -0.2) is 9.86 Å². The van der Waals surface area contributed by atoms with Gasteiger partial charge in [-0.3, -0.25) is 39.0 Å². The molecule has 2 heterocycles. The van der Waals surface area contributed by atoms with Crippen LogP contribution in [0.4, 0.5) is 13.2 Å². The number of nitrogens with one attached hydrogen (secondary N) is 3. The van der Waals surface area contributed by atoms with E-state index in [4.69, 9.17) is 24.2 Å². The maximum Gasteiger partial charge on any atom is 0.490 e. The summed E-state index contributed by atoms with van der Waals surface area (Å²) in [4.78, 5) is 88.1. The SMILES string of the molecule is CC[C@H](C)[C@@H]([C@@H](CC(=O)N1CCC[C@H]1[C@H](OC)[C@@H](C)C(=O)N[C@@]1(C(=O)N2CCCCO2)C[C@@H]1c1ccccc1)OC)N(C)[C@H](C(=O)NC(=O)[C@@H](NC)C(C)C)C(C)C.O=C(O)C(F)(F)F. The zero-order chi connectivity index (χ0) is 49.0. The van der Waals surface area contributed by atoms with E-state index < -0.39 is 47.9 Å². The summed E-state index contributed by atoms with van der Waals surface area (Å²) >= 11 is 0. The van der Waals surface area contributed by atoms with Gasteiger partial charge < -0.3 is 30.1 Å². The van der Waals surface area contributed by atoms with Crippen LogP contribution >= 0.6 is 0 Å². The maximum absolute atomic E-state index is 14.4. The highest BCUT2D eigenvalue weighted by molar-refractivity contribution is 6.00. The van der Waals surface area contributed by atoms with Crippen molar-refractivity contribution >= 4 is 35.5 Å². The molecule has 0 radical (unpaired) electrons. The monoisotopic (exact) mass is 927 g/mol. The van der Waals surface area contributed by atoms with E-state index >= 15 is 0 Å². The van der Waals surface area contributed by atoms with Gasteiger partial charge in [0, 0.05) is 39.3 Å². The predicted molar refractivity (Wildman–Crippen MR) is 236 cm³/mol. The van der Waals surface area contributed by atoms with E-state index in [0.29, 0.717) is 32.5 Å². The Bertz CT molecular complexity index is 1750. The maximum atomic E-state index is 14.4. The number of hydrogen-bond donors (Lipinski definition) is 4. The number of methoxy groups -OCH3 is 2. The number of amides is 5. The standard InChI is InChI=1S/C44H72N6O8.C2HF3O2/c1-12-29(6)38(48(9)37(28(4)5)42(54)46-41(53)36(45-8)27(2)3)34(56-10)25-35(51)49-22-18-21-33(49)39(57-11)30(7)40(52)47-44(43(55)50-23-16-17-24-58-50)26-32(44)31-19-14-13-15-20-31;3-2(4,5)1(6)7/h13-15,19-20,27-30,32-34,36-39,45H,12,16-18,21-26H2,1-11H3,(H,47,52)(H,46,53,54);(H,6,7)/t29-,30+,32+,33-,34+,36-,37-,38-,39+,44-;/m0./s1. The molecular weight excluding hydrogens is 854 g/mol. The molecule has 4 rings (SSSR count). The molecule has 4 N–H and O–H groups in total. The Kier molecular flexibility index (Phi) is 20.8. The number of likely N-dealkylation sites (tertiary alicyclic amines) is 1. The zero-order valence-corrected chi connectivity index (χ0v) is 39.9. The molecule has 3 fully saturated rings. The molecule has 19 heteroatoms. The van der Waals surface area contributed by atoms with Crippen LogP contribution in [0, 0.1) is 23.7 Å². The number of carboxylic acids is 1. The molecule has 0 unspecified atom stereocenters. The van der Waals surface area contributed by atoms with Gasteiger partial charge in [-0.2, -0.15) is 13.2 Å². The second kappa shape index (κ2) is 24.6. The van der Waals surface area contributed by atoms with Crippen LogP contribution < -0.4 is 16.0 Å². The van der Waals surface area contributed by atoms with Crippen molar-refractivity contribution in [3.8, 4) is 0 Å². The van der Waals surface area contributed by atoms with Crippen molar-refractivity contribution in [1.82, 2.24) is 30.8 Å². The molecule has 2 aliphatic heterocycles. The number of carboxylic acid groups (broad SMARTS) is 1. The molecule has 1 saturated carbocycles. The molecular formula is C46H73F3N6O10. The van der Waals surface area contributed by atoms with Gasteiger partial charge in [0.2, 0.25) is 23.6 Å². The molecule has 368 valence electrons. The number of carbonyl (C=O) groups is 6. The third-order valence-electron chi connectivity index (χ3n) is 13.1. The minimum absolute atomic E-state index is 0.0140. The van der Waals surface area contributed by atoms with E-state index in [2.05, 4.69) is 29.8 Å². The number of hydrogen-bond acceptors (Lipinski definition) is 11. The van der Waals surface area contributed by atoms with Crippen molar-refractivity contribution in [3.63, 3.8) is 0 Å². The molecule has 65 heavy (non-hydrogen) atoms. The third-order valence-corrected chi connectivity index (χ3v) is 13.1. The van der Waals surface area contributed by atoms with Gasteiger partial charge >= 0.3 is 12.1 Å². The summed E-state index contributed by atoms with van der Waals surface area (Å²) in [5.74, 6) is -5.20. The largest absolute Gasteiger partial charge is 0.490 e. The van der Waals surface area contributed by atoms with E-state index in [1.54, 1.807) is 28.2 Å². The molecule has 1 aromatic rings. The number of benzene rings is 1. The quantitative estimate of drug-likeness (QED) is 0.143. The zero-order valence-electron chi connectivity index (χ0n) is 39.9. The number of rotatable bonds is 20. The molecule has 1 aliphatic carbocycles. The minimum Gasteiger partial charge on any atom is -0.475 e. The van der Waals surface area contributed by atoms with Crippen molar-refractivity contribution in [3.05, 3.63) is 35.9 Å². The Morgan fingerprint density at radius 1 is 0.923 bits per heavy atom. The van der Waals surface area contributed by atoms with Crippen LogP contribution in [0.15, 0.2) is 30.3 Å². The molecule has 3 aliphatic rings. The number of halogens is 3. The highest BCUT2D eigenvalue weighted by Gasteiger charge is 2.64. The Labute approximate surface area is 382 Å². The van der Waals surface area contributed by atoms with Crippen LogP contribution in [0.5, 0.6) is 0 Å². The van der Waals surface area contributed by atoms with Crippen LogP contribution in [-0.2, 0) is 43.1 Å². The summed E-state index contributed by atoms with van der Waals surface area (Å²) in [6, 6.07) is 7.86. The summed E-state index contributed by atoms with van der Waals surface area (Å²) in [5, 5.41) is 17.4. The van der Waals surface area contributed by atoms with E-state index in [1.165, 1.54) is 5.06 Å². The van der Waals surface area contributed by atoms with Crippen LogP contribution in [0.2, 0.25) is 0 Å². The van der Waals surface area contributed by atoms with E-state index in [1.807, 2.05) is 74.9 Å². The smallest absolute Gasteiger partial charge is 0.475 e. The van der Waals surface area contributed by atoms with Crippen molar-refractivity contribution in [2.45, 2.75) is 147 Å². The normalized spacial score (nSPS) is 23.1. The molecule has 0 bridgehead atoms. The summed E-state index contributed by atoms with van der Waals surface area (Å²) in [7, 11) is 6.73. The number of imide groups is 1. The van der Waals surface area contributed by atoms with Gasteiger partial charge in [-0.15, -0.1) is 0 Å². The predicted octanol–water partition coefficient (Wildman–Crippen LogP) is 4.52. The topological polar surface area (TPSA) is 196 Å². The van der Waals surface area contributed by atoms with Gasteiger partial charge in [0.1, 0.15) is 5.54 Å². The van der Waals surface area contributed by atoms with Crippen LogP contribution in [0.1, 0.15) is 105 Å². The average molecular weight is 927 g/mol. The number of alkyl halides is 3. The van der Waals surface area contributed by atoms with Gasteiger partial charge in [-0.05, 0) is 69.5 Å². The van der Waals surface area contributed by atoms with E-state index in [-0.39, 0.29) is 71.7 Å². The van der Waals surface area contributed by atoms with Gasteiger partial charge in [-0.1, -0.05) is 85.2 Å². The lowest BCUT2D eigenvalue weighted by Crippen LogP contribution is -2.60. The third kappa shape index (κ3) is 13.9. The first-order valence-corrected chi connectivity index (χ1v) is 22.7. The first-order valence-electron chi connectivity index (χ1n) is 22.7. The number of ether oxygens (including phenoxy) is 2. The molecule has 0 aromatic heterocycles. The van der Waals surface area contributed by atoms with Crippen LogP contribution in [-0.4, -0.2) is 152 Å². The lowest BCUT2D eigenvalue weighted by molar-refractivity contribution is -0.200. The number of aliphatic carboxylic acids is 1. The molecule has 2 saturated heterocycles. The fourth-order valence-electron chi connectivity index (χ4n) is 9.47. The number of nitrogens with zero attached hydrogens (tertiary/aromatic N) is 3. The lowest BCUT2D eigenvalue weighted by atomic mass is 9.87. The van der Waals surface area contributed by atoms with Crippen molar-refractivity contribution < 1.29 is 61.4 Å². The number of carbonyl (C=O) groups excluding carboxylic acids is 5. The second-order valence-electron chi connectivity index (χ2n) is 18.2. The van der Waals surface area contributed by atoms with Crippen molar-refractivity contribution in [2.24, 2.45) is 23.7 Å². The second-order valence-corrected chi connectivity index (χ2v) is 18.2. The fraction of sp³-hybridized carbons (Fsp3) is 0.739. The molecule has 16 nitrogen and oxygen atoms in total. The van der Waals surface area contributed by atoms with Crippen molar-refractivity contribution in [1.29, 1.82) is 0 Å². The first kappa shape index (κ1) is 55.2. The van der Waals surface area contributed by atoms with Gasteiger partial charge in [0.25, 0.3) is 5.91 Å². The van der Waals surface area contributed by atoms with Gasteiger partial charge in [0.15, 0.2) is 0 Å².